The summed E-state index contributed by atoms with van der Waals surface area (Å²) >= 11 is 0. The topological polar surface area (TPSA) is 85.9 Å². The van der Waals surface area contributed by atoms with Crippen LogP contribution in [-0.2, 0) is 12.1 Å². The number of aliphatic imine (C=N–C) groups is 1. The van der Waals surface area contributed by atoms with Gasteiger partial charge < -0.3 is 25.1 Å². The smallest absolute Gasteiger partial charge is 0.191 e. The molecule has 8 heteroatoms. The second-order valence-electron chi connectivity index (χ2n) is 7.07. The van der Waals surface area contributed by atoms with Gasteiger partial charge in [-0.2, -0.15) is 0 Å². The highest BCUT2D eigenvalue weighted by atomic mass is 127. The molecule has 0 aliphatic rings. The van der Waals surface area contributed by atoms with Crippen LogP contribution in [-0.4, -0.2) is 43.2 Å². The molecule has 0 fully saturated rings. The van der Waals surface area contributed by atoms with Gasteiger partial charge in [-0.3, -0.25) is 0 Å². The Balaban J connectivity index is 0.00000392. The van der Waals surface area contributed by atoms with E-state index in [-0.39, 0.29) is 24.0 Å². The summed E-state index contributed by atoms with van der Waals surface area (Å²) in [6.45, 7) is 9.09. The number of guanidine groups is 1. The second kappa shape index (κ2) is 10.7. The molecule has 0 radical (unpaired) electrons. The van der Waals surface area contributed by atoms with Crippen molar-refractivity contribution in [3.63, 3.8) is 0 Å². The lowest BCUT2D eigenvalue weighted by molar-refractivity contribution is 0.0601. The highest BCUT2D eigenvalue weighted by molar-refractivity contribution is 14.0. The molecule has 1 unspecified atom stereocenters. The number of furan rings is 1. The van der Waals surface area contributed by atoms with Gasteiger partial charge in [0.1, 0.15) is 22.9 Å². The minimum absolute atomic E-state index is 0. The van der Waals surface area contributed by atoms with Crippen molar-refractivity contribution < 1.29 is 9.52 Å². The molecule has 2 aromatic rings. The molecular weight excluding hydrogens is 469 g/mol. The van der Waals surface area contributed by atoms with Crippen LogP contribution in [0.4, 0.5) is 5.82 Å². The lowest BCUT2D eigenvalue weighted by Crippen LogP contribution is -2.44. The Labute approximate surface area is 184 Å². The minimum atomic E-state index is -1.06. The van der Waals surface area contributed by atoms with E-state index in [4.69, 9.17) is 4.42 Å². The molecule has 3 N–H and O–H groups in total. The molecular formula is C20H32IN5O2. The first-order chi connectivity index (χ1) is 12.7. The standard InChI is InChI=1S/C20H31N5O2.HI/c1-7-21-19(23-12-16-8-9-22-18(11-16)25(5)6)24-13-20(4,26)17-10-14(2)27-15(17)3;/h8-11,26H,7,12-13H2,1-6H3,(H2,21,23,24);1H. The zero-order valence-electron chi connectivity index (χ0n) is 17.5. The highest BCUT2D eigenvalue weighted by Crippen LogP contribution is 2.26. The van der Waals surface area contributed by atoms with Crippen LogP contribution in [0.25, 0.3) is 0 Å². The number of aliphatic hydroxyl groups is 1. The minimum Gasteiger partial charge on any atom is -0.466 e. The molecule has 7 nitrogen and oxygen atoms in total. The van der Waals surface area contributed by atoms with Crippen LogP contribution in [0.5, 0.6) is 0 Å². The van der Waals surface area contributed by atoms with Gasteiger partial charge in [0.05, 0.1) is 13.1 Å². The summed E-state index contributed by atoms with van der Waals surface area (Å²) in [7, 11) is 3.92. The van der Waals surface area contributed by atoms with Crippen molar-refractivity contribution in [3.8, 4) is 0 Å². The van der Waals surface area contributed by atoms with Gasteiger partial charge in [-0.1, -0.05) is 0 Å². The SMILES string of the molecule is CCNC(=NCc1ccnc(N(C)C)c1)NCC(C)(O)c1cc(C)oc1C.I. The summed E-state index contributed by atoms with van der Waals surface area (Å²) in [6, 6.07) is 5.84. The van der Waals surface area contributed by atoms with E-state index in [1.165, 1.54) is 0 Å². The Bertz CT molecular complexity index is 787. The van der Waals surface area contributed by atoms with E-state index in [2.05, 4.69) is 20.6 Å². The van der Waals surface area contributed by atoms with Gasteiger partial charge in [0.15, 0.2) is 5.96 Å². The van der Waals surface area contributed by atoms with Crippen molar-refractivity contribution in [1.29, 1.82) is 0 Å². The molecule has 2 rings (SSSR count). The van der Waals surface area contributed by atoms with Gasteiger partial charge >= 0.3 is 0 Å². The Morgan fingerprint density at radius 3 is 2.57 bits per heavy atom. The van der Waals surface area contributed by atoms with Crippen molar-refractivity contribution in [2.45, 2.75) is 39.8 Å². The van der Waals surface area contributed by atoms with Crippen LogP contribution < -0.4 is 15.5 Å². The number of pyridine rings is 1. The maximum Gasteiger partial charge on any atom is 0.191 e. The van der Waals surface area contributed by atoms with Crippen LogP contribution in [0, 0.1) is 13.8 Å². The molecule has 156 valence electrons. The van der Waals surface area contributed by atoms with Gasteiger partial charge in [-0.15, -0.1) is 24.0 Å². The Morgan fingerprint density at radius 1 is 1.29 bits per heavy atom. The first-order valence-corrected chi connectivity index (χ1v) is 9.17. The Morgan fingerprint density at radius 2 is 2.00 bits per heavy atom. The fourth-order valence-electron chi connectivity index (χ4n) is 2.83. The largest absolute Gasteiger partial charge is 0.466 e. The summed E-state index contributed by atoms with van der Waals surface area (Å²) in [5.41, 5.74) is 0.791. The van der Waals surface area contributed by atoms with E-state index in [1.54, 1.807) is 13.1 Å². The third-order valence-corrected chi connectivity index (χ3v) is 4.25. The van der Waals surface area contributed by atoms with Crippen LogP contribution in [0.1, 0.15) is 36.5 Å². The van der Waals surface area contributed by atoms with Crippen molar-refractivity contribution in [3.05, 3.63) is 47.0 Å². The van der Waals surface area contributed by atoms with Crippen LogP contribution in [0.15, 0.2) is 33.8 Å². The zero-order chi connectivity index (χ0) is 20.0. The number of hydrogen-bond donors (Lipinski definition) is 3. The van der Waals surface area contributed by atoms with Crippen molar-refractivity contribution in [2.75, 3.05) is 32.1 Å². The Kier molecular flexibility index (Phi) is 9.22. The van der Waals surface area contributed by atoms with Crippen molar-refractivity contribution in [1.82, 2.24) is 15.6 Å². The number of aryl methyl sites for hydroxylation is 2. The quantitative estimate of drug-likeness (QED) is 0.308. The average Bonchev–Trinajstić information content (AvgIpc) is 2.97. The zero-order valence-corrected chi connectivity index (χ0v) is 19.9. The number of halogens is 1. The second-order valence-corrected chi connectivity index (χ2v) is 7.07. The van der Waals surface area contributed by atoms with Gasteiger partial charge in [0.2, 0.25) is 0 Å². The summed E-state index contributed by atoms with van der Waals surface area (Å²) in [6.07, 6.45) is 1.79. The maximum absolute atomic E-state index is 10.9. The molecule has 1 atom stereocenters. The van der Waals surface area contributed by atoms with Crippen LogP contribution in [0.2, 0.25) is 0 Å². The van der Waals surface area contributed by atoms with E-state index in [9.17, 15) is 5.11 Å². The predicted molar refractivity (Wildman–Crippen MR) is 125 cm³/mol. The summed E-state index contributed by atoms with van der Waals surface area (Å²) < 4.78 is 5.55. The van der Waals surface area contributed by atoms with E-state index in [0.717, 1.165) is 35.0 Å². The Hall–Kier alpha value is -1.81. The van der Waals surface area contributed by atoms with Crippen molar-refractivity contribution in [2.24, 2.45) is 4.99 Å². The molecule has 0 aliphatic heterocycles. The summed E-state index contributed by atoms with van der Waals surface area (Å²) in [5.74, 6) is 3.07. The molecule has 0 saturated carbocycles. The first kappa shape index (κ1) is 24.2. The first-order valence-electron chi connectivity index (χ1n) is 9.17. The van der Waals surface area contributed by atoms with Gasteiger partial charge in [-0.25, -0.2) is 9.98 Å². The molecule has 0 amide bonds. The monoisotopic (exact) mass is 501 g/mol. The molecule has 0 saturated heterocycles. The van der Waals surface area contributed by atoms with E-state index >= 15 is 0 Å². The van der Waals surface area contributed by atoms with Crippen molar-refractivity contribution >= 4 is 35.8 Å². The van der Waals surface area contributed by atoms with Crippen LogP contribution >= 0.6 is 24.0 Å². The number of aromatic nitrogens is 1. The van der Waals surface area contributed by atoms with E-state index in [0.29, 0.717) is 19.0 Å². The molecule has 0 aliphatic carbocycles. The summed E-state index contributed by atoms with van der Waals surface area (Å²) in [4.78, 5) is 10.9. The normalized spacial score (nSPS) is 13.5. The molecule has 2 aromatic heterocycles. The van der Waals surface area contributed by atoms with Gasteiger partial charge in [0, 0.05) is 32.4 Å². The number of nitrogens with one attached hydrogen (secondary N) is 2. The third kappa shape index (κ3) is 6.66. The fraction of sp³-hybridized carbons (Fsp3) is 0.500. The third-order valence-electron chi connectivity index (χ3n) is 4.25. The molecule has 0 aromatic carbocycles. The molecule has 0 bridgehead atoms. The number of anilines is 1. The average molecular weight is 501 g/mol. The molecule has 2 heterocycles. The predicted octanol–water partition coefficient (Wildman–Crippen LogP) is 2.94. The van der Waals surface area contributed by atoms with E-state index in [1.807, 2.05) is 58.0 Å². The number of rotatable bonds is 7. The van der Waals surface area contributed by atoms with Crippen LogP contribution in [0.3, 0.4) is 0 Å². The molecule has 0 spiro atoms. The number of nitrogens with zero attached hydrogens (tertiary/aromatic N) is 3. The highest BCUT2D eigenvalue weighted by Gasteiger charge is 2.27. The van der Waals surface area contributed by atoms with Gasteiger partial charge in [-0.05, 0) is 51.5 Å². The summed E-state index contributed by atoms with van der Waals surface area (Å²) in [5, 5.41) is 17.3. The molecule has 28 heavy (non-hydrogen) atoms. The van der Waals surface area contributed by atoms with E-state index < -0.39 is 5.60 Å². The lowest BCUT2D eigenvalue weighted by Gasteiger charge is -2.24. The maximum atomic E-state index is 10.9. The fourth-order valence-corrected chi connectivity index (χ4v) is 2.83. The lowest BCUT2D eigenvalue weighted by atomic mass is 9.96. The van der Waals surface area contributed by atoms with Gasteiger partial charge in [0.25, 0.3) is 0 Å². The number of hydrogen-bond acceptors (Lipinski definition) is 5.